The molecule has 0 aromatic carbocycles. The van der Waals surface area contributed by atoms with Gasteiger partial charge < -0.3 is 14.5 Å². The lowest BCUT2D eigenvalue weighted by molar-refractivity contribution is -0.140. The molecule has 0 spiro atoms. The highest BCUT2D eigenvalue weighted by molar-refractivity contribution is 5.77. The second kappa shape index (κ2) is 7.92. The van der Waals surface area contributed by atoms with Crippen molar-refractivity contribution in [3.63, 3.8) is 0 Å². The SMILES string of the molecule is COC(=O)CCCC(=O)NCc1nccnc1-c1ccco1. The van der Waals surface area contributed by atoms with Gasteiger partial charge in [-0.1, -0.05) is 0 Å². The number of methoxy groups -OCH3 is 1. The number of nitrogens with one attached hydrogen (secondary N) is 1. The van der Waals surface area contributed by atoms with Crippen molar-refractivity contribution in [1.82, 2.24) is 15.3 Å². The van der Waals surface area contributed by atoms with E-state index in [9.17, 15) is 9.59 Å². The van der Waals surface area contributed by atoms with Gasteiger partial charge >= 0.3 is 5.97 Å². The zero-order chi connectivity index (χ0) is 15.8. The summed E-state index contributed by atoms with van der Waals surface area (Å²) in [7, 11) is 1.33. The van der Waals surface area contributed by atoms with E-state index in [0.29, 0.717) is 23.6 Å². The number of rotatable bonds is 7. The fourth-order valence-electron chi connectivity index (χ4n) is 1.88. The fraction of sp³-hybridized carbons (Fsp3) is 0.333. The third kappa shape index (κ3) is 4.41. The van der Waals surface area contributed by atoms with Gasteiger partial charge in [0.25, 0.3) is 0 Å². The van der Waals surface area contributed by atoms with E-state index in [1.54, 1.807) is 30.8 Å². The number of furan rings is 1. The topological polar surface area (TPSA) is 94.3 Å². The maximum absolute atomic E-state index is 11.7. The van der Waals surface area contributed by atoms with Crippen LogP contribution in [0.3, 0.4) is 0 Å². The summed E-state index contributed by atoms with van der Waals surface area (Å²) in [5, 5.41) is 2.76. The molecule has 0 atom stereocenters. The number of esters is 1. The van der Waals surface area contributed by atoms with Crippen LogP contribution in [-0.4, -0.2) is 29.0 Å². The standard InChI is InChI=1S/C15H17N3O4/c1-21-14(20)6-2-5-13(19)18-10-11-15(17-8-7-16-11)12-4-3-9-22-12/h3-4,7-9H,2,5-6,10H2,1H3,(H,18,19). The third-order valence-corrected chi connectivity index (χ3v) is 2.99. The second-order valence-electron chi connectivity index (χ2n) is 4.54. The maximum Gasteiger partial charge on any atom is 0.305 e. The summed E-state index contributed by atoms with van der Waals surface area (Å²) in [5.74, 6) is 0.129. The number of amides is 1. The summed E-state index contributed by atoms with van der Waals surface area (Å²) in [5.41, 5.74) is 1.22. The number of nitrogens with zero attached hydrogens (tertiary/aromatic N) is 2. The second-order valence-corrected chi connectivity index (χ2v) is 4.54. The summed E-state index contributed by atoms with van der Waals surface area (Å²) >= 11 is 0. The predicted octanol–water partition coefficient (Wildman–Crippen LogP) is 1.70. The first-order valence-corrected chi connectivity index (χ1v) is 6.88. The molecule has 2 rings (SSSR count). The number of ether oxygens (including phenoxy) is 1. The molecule has 1 N–H and O–H groups in total. The van der Waals surface area contributed by atoms with E-state index in [0.717, 1.165) is 0 Å². The van der Waals surface area contributed by atoms with Crippen LogP contribution in [-0.2, 0) is 20.9 Å². The first kappa shape index (κ1) is 15.7. The van der Waals surface area contributed by atoms with E-state index in [2.05, 4.69) is 20.0 Å². The average molecular weight is 303 g/mol. The predicted molar refractivity (Wildman–Crippen MR) is 77.4 cm³/mol. The lowest BCUT2D eigenvalue weighted by Crippen LogP contribution is -2.23. The number of hydrogen-bond acceptors (Lipinski definition) is 6. The number of hydrogen-bond donors (Lipinski definition) is 1. The highest BCUT2D eigenvalue weighted by Crippen LogP contribution is 2.19. The van der Waals surface area contributed by atoms with E-state index in [4.69, 9.17) is 4.42 Å². The van der Waals surface area contributed by atoms with Crippen LogP contribution in [0.15, 0.2) is 35.2 Å². The fourth-order valence-corrected chi connectivity index (χ4v) is 1.88. The quantitative estimate of drug-likeness (QED) is 0.782. The van der Waals surface area contributed by atoms with Crippen LogP contribution >= 0.6 is 0 Å². The first-order chi connectivity index (χ1) is 10.7. The van der Waals surface area contributed by atoms with Gasteiger partial charge in [-0.2, -0.15) is 0 Å². The molecule has 7 heteroatoms. The Labute approximate surface area is 127 Å². The molecular formula is C15H17N3O4. The summed E-state index contributed by atoms with van der Waals surface area (Å²) in [6.07, 6.45) is 5.62. The minimum atomic E-state index is -0.318. The van der Waals surface area contributed by atoms with E-state index in [1.807, 2.05) is 0 Å². The van der Waals surface area contributed by atoms with Crippen molar-refractivity contribution in [2.45, 2.75) is 25.8 Å². The Kier molecular flexibility index (Phi) is 5.65. The number of aromatic nitrogens is 2. The van der Waals surface area contributed by atoms with Crippen molar-refractivity contribution in [3.8, 4) is 11.5 Å². The minimum Gasteiger partial charge on any atom is -0.469 e. The molecule has 0 aliphatic rings. The summed E-state index contributed by atoms with van der Waals surface area (Å²) in [6, 6.07) is 3.55. The van der Waals surface area contributed by atoms with Gasteiger partial charge in [-0.05, 0) is 18.6 Å². The van der Waals surface area contributed by atoms with Gasteiger partial charge in [0.05, 0.1) is 25.6 Å². The van der Waals surface area contributed by atoms with Gasteiger partial charge in [0.1, 0.15) is 5.69 Å². The van der Waals surface area contributed by atoms with Crippen LogP contribution < -0.4 is 5.32 Å². The zero-order valence-corrected chi connectivity index (χ0v) is 12.2. The van der Waals surface area contributed by atoms with Crippen molar-refractivity contribution < 1.29 is 18.7 Å². The monoisotopic (exact) mass is 303 g/mol. The number of carbonyl (C=O) groups excluding carboxylic acids is 2. The van der Waals surface area contributed by atoms with E-state index in [-0.39, 0.29) is 31.3 Å². The van der Waals surface area contributed by atoms with Crippen LogP contribution in [0.25, 0.3) is 11.5 Å². The van der Waals surface area contributed by atoms with Gasteiger partial charge in [0.15, 0.2) is 5.76 Å². The molecule has 0 radical (unpaired) electrons. The molecule has 0 aliphatic carbocycles. The largest absolute Gasteiger partial charge is 0.469 e. The Morgan fingerprint density at radius 1 is 1.27 bits per heavy atom. The molecule has 2 aromatic heterocycles. The van der Waals surface area contributed by atoms with Crippen molar-refractivity contribution in [1.29, 1.82) is 0 Å². The summed E-state index contributed by atoms with van der Waals surface area (Å²) < 4.78 is 9.82. The van der Waals surface area contributed by atoms with E-state index < -0.39 is 0 Å². The zero-order valence-electron chi connectivity index (χ0n) is 12.2. The van der Waals surface area contributed by atoms with Crippen LogP contribution in [0.4, 0.5) is 0 Å². The molecule has 0 bridgehead atoms. The molecule has 0 saturated heterocycles. The molecule has 0 fully saturated rings. The lowest BCUT2D eigenvalue weighted by atomic mass is 10.2. The highest BCUT2D eigenvalue weighted by Gasteiger charge is 2.11. The average Bonchev–Trinajstić information content (AvgIpc) is 3.07. The summed E-state index contributed by atoms with van der Waals surface area (Å²) in [4.78, 5) is 31.2. The molecule has 1 amide bonds. The first-order valence-electron chi connectivity index (χ1n) is 6.88. The van der Waals surface area contributed by atoms with Gasteiger partial charge in [-0.15, -0.1) is 0 Å². The van der Waals surface area contributed by atoms with Crippen LogP contribution in [0.5, 0.6) is 0 Å². The number of carbonyl (C=O) groups is 2. The van der Waals surface area contributed by atoms with Gasteiger partial charge in [-0.25, -0.2) is 4.98 Å². The summed E-state index contributed by atoms with van der Waals surface area (Å²) in [6.45, 7) is 0.251. The van der Waals surface area contributed by atoms with Crippen LogP contribution in [0, 0.1) is 0 Å². The highest BCUT2D eigenvalue weighted by atomic mass is 16.5. The Bertz CT molecular complexity index is 625. The lowest BCUT2D eigenvalue weighted by Gasteiger charge is -2.07. The smallest absolute Gasteiger partial charge is 0.305 e. The van der Waals surface area contributed by atoms with Gasteiger partial charge in [0.2, 0.25) is 5.91 Å². The van der Waals surface area contributed by atoms with Crippen molar-refractivity contribution >= 4 is 11.9 Å². The molecule has 0 unspecified atom stereocenters. The van der Waals surface area contributed by atoms with Gasteiger partial charge in [0, 0.05) is 25.2 Å². The normalized spacial score (nSPS) is 10.2. The van der Waals surface area contributed by atoms with Crippen molar-refractivity contribution in [2.75, 3.05) is 7.11 Å². The Balaban J connectivity index is 1.87. The van der Waals surface area contributed by atoms with Crippen LogP contribution in [0.2, 0.25) is 0 Å². The Morgan fingerprint density at radius 3 is 2.82 bits per heavy atom. The molecular weight excluding hydrogens is 286 g/mol. The molecule has 2 heterocycles. The van der Waals surface area contributed by atoms with E-state index >= 15 is 0 Å². The molecule has 7 nitrogen and oxygen atoms in total. The van der Waals surface area contributed by atoms with Gasteiger partial charge in [-0.3, -0.25) is 14.6 Å². The Morgan fingerprint density at radius 2 is 2.09 bits per heavy atom. The molecule has 2 aromatic rings. The Hall–Kier alpha value is -2.70. The maximum atomic E-state index is 11.7. The van der Waals surface area contributed by atoms with E-state index in [1.165, 1.54) is 7.11 Å². The molecule has 0 aliphatic heterocycles. The third-order valence-electron chi connectivity index (χ3n) is 2.99. The molecule has 116 valence electrons. The molecule has 22 heavy (non-hydrogen) atoms. The van der Waals surface area contributed by atoms with Crippen molar-refractivity contribution in [2.24, 2.45) is 0 Å². The minimum absolute atomic E-state index is 0.153. The molecule has 0 saturated carbocycles. The van der Waals surface area contributed by atoms with Crippen molar-refractivity contribution in [3.05, 3.63) is 36.5 Å². The van der Waals surface area contributed by atoms with Crippen LogP contribution in [0.1, 0.15) is 25.0 Å².